The minimum atomic E-state index is -1.47. The molecular weight excluding hydrogens is 472 g/mol. The van der Waals surface area contributed by atoms with Crippen LogP contribution in [-0.2, 0) is 11.2 Å². The van der Waals surface area contributed by atoms with E-state index in [2.05, 4.69) is 22.0 Å². The number of hydrogen-bond donors (Lipinski definition) is 3. The number of benzene rings is 1. The van der Waals surface area contributed by atoms with E-state index in [0.717, 1.165) is 22.1 Å². The second kappa shape index (κ2) is 10.3. The minimum Gasteiger partial charge on any atom is -0.493 e. The van der Waals surface area contributed by atoms with Gasteiger partial charge in [0.2, 0.25) is 5.13 Å². The molecule has 1 amide bonds. The average Bonchev–Trinajstić information content (AvgIpc) is 3.45. The largest absolute Gasteiger partial charge is 0.493 e. The summed E-state index contributed by atoms with van der Waals surface area (Å²) in [5, 5.41) is 40.1. The van der Waals surface area contributed by atoms with E-state index in [1.165, 1.54) is 4.90 Å². The van der Waals surface area contributed by atoms with Gasteiger partial charge >= 0.3 is 0 Å². The molecule has 2 aromatic rings. The molecule has 2 fully saturated rings. The number of carbonyl (C=O) groups excluding carboxylic acids is 1. The molecule has 1 aromatic carbocycles. The van der Waals surface area contributed by atoms with Crippen LogP contribution in [0.5, 0.6) is 11.5 Å². The standard InChI is InChI=1S/C24H34N4O6S/c1-5-21-25-26-23(35-21)27-9-16(10-27)34-20-8-15(6-7-19(20)33-4)17-11-28(22(32)18(31)12-29)13-24(17,3)14(2)30/h6-8,14,16-18,29-31H,5,9-13H2,1-4H3/t14-,17+,18?,24+/m1/s1. The van der Waals surface area contributed by atoms with Gasteiger partial charge in [0.1, 0.15) is 11.1 Å². The van der Waals surface area contributed by atoms with Gasteiger partial charge in [-0.1, -0.05) is 31.3 Å². The number of likely N-dealkylation sites (tertiary alicyclic amines) is 1. The fourth-order valence-corrected chi connectivity index (χ4v) is 5.54. The molecule has 0 saturated carbocycles. The van der Waals surface area contributed by atoms with Gasteiger partial charge in [0.15, 0.2) is 17.6 Å². The topological polar surface area (TPSA) is 128 Å². The Morgan fingerprint density at radius 2 is 2.00 bits per heavy atom. The summed E-state index contributed by atoms with van der Waals surface area (Å²) >= 11 is 1.59. The highest BCUT2D eigenvalue weighted by Gasteiger charge is 2.49. The van der Waals surface area contributed by atoms with Crippen molar-refractivity contribution in [2.75, 3.05) is 44.8 Å². The number of hydrogen-bond acceptors (Lipinski definition) is 10. The third-order valence-corrected chi connectivity index (χ3v) is 8.34. The van der Waals surface area contributed by atoms with E-state index in [9.17, 15) is 20.1 Å². The second-order valence-corrected chi connectivity index (χ2v) is 10.6. The molecule has 2 saturated heterocycles. The Kier molecular flexibility index (Phi) is 7.51. The number of aryl methyl sites for hydroxylation is 1. The normalized spacial score (nSPS) is 24.3. The lowest BCUT2D eigenvalue weighted by Gasteiger charge is -2.39. The molecule has 0 radical (unpaired) electrons. The number of amides is 1. The SMILES string of the molecule is CCc1nnc(N2CC(Oc3cc([C@@H]4CN(C(=O)C(O)CO)C[C@@]4(C)[C@@H](C)O)ccc3OC)C2)s1. The van der Waals surface area contributed by atoms with Gasteiger partial charge < -0.3 is 34.6 Å². The molecule has 1 aromatic heterocycles. The third-order valence-electron chi connectivity index (χ3n) is 7.22. The van der Waals surface area contributed by atoms with Crippen molar-refractivity contribution in [3.8, 4) is 11.5 Å². The number of anilines is 1. The Morgan fingerprint density at radius 3 is 2.60 bits per heavy atom. The predicted octanol–water partition coefficient (Wildman–Crippen LogP) is 1.04. The number of rotatable bonds is 9. The monoisotopic (exact) mass is 506 g/mol. The van der Waals surface area contributed by atoms with Crippen molar-refractivity contribution in [1.82, 2.24) is 15.1 Å². The first-order chi connectivity index (χ1) is 16.7. The van der Waals surface area contributed by atoms with Crippen molar-refractivity contribution in [2.45, 2.75) is 51.4 Å². The maximum atomic E-state index is 12.6. The van der Waals surface area contributed by atoms with Gasteiger partial charge in [-0.15, -0.1) is 10.2 Å². The fraction of sp³-hybridized carbons (Fsp3) is 0.625. The van der Waals surface area contributed by atoms with E-state index < -0.39 is 30.1 Å². The maximum absolute atomic E-state index is 12.6. The van der Waals surface area contributed by atoms with Crippen LogP contribution in [0.3, 0.4) is 0 Å². The van der Waals surface area contributed by atoms with Crippen LogP contribution in [0.2, 0.25) is 0 Å². The molecule has 10 nitrogen and oxygen atoms in total. The lowest BCUT2D eigenvalue weighted by Crippen LogP contribution is -2.54. The molecule has 11 heteroatoms. The zero-order chi connectivity index (χ0) is 25.3. The van der Waals surface area contributed by atoms with Crippen molar-refractivity contribution >= 4 is 22.4 Å². The van der Waals surface area contributed by atoms with E-state index in [0.29, 0.717) is 31.1 Å². The van der Waals surface area contributed by atoms with Crippen LogP contribution in [0, 0.1) is 5.41 Å². The number of aliphatic hydroxyl groups excluding tert-OH is 3. The van der Waals surface area contributed by atoms with Gasteiger partial charge in [0.05, 0.1) is 32.9 Å². The van der Waals surface area contributed by atoms with Crippen molar-refractivity contribution in [3.05, 3.63) is 28.8 Å². The molecule has 4 rings (SSSR count). The summed E-state index contributed by atoms with van der Waals surface area (Å²) in [5.74, 6) is 0.479. The fourth-order valence-electron chi connectivity index (χ4n) is 4.75. The average molecular weight is 507 g/mol. The molecule has 0 spiro atoms. The molecule has 2 aliphatic rings. The van der Waals surface area contributed by atoms with Crippen molar-refractivity contribution < 1.29 is 29.6 Å². The summed E-state index contributed by atoms with van der Waals surface area (Å²) in [5.41, 5.74) is 0.268. The van der Waals surface area contributed by atoms with Gasteiger partial charge in [-0.2, -0.15) is 0 Å². The Balaban J connectivity index is 1.51. The van der Waals surface area contributed by atoms with Gasteiger partial charge in [0, 0.05) is 24.4 Å². The van der Waals surface area contributed by atoms with E-state index in [1.54, 1.807) is 25.4 Å². The Labute approximate surface area is 209 Å². The number of carbonyl (C=O) groups is 1. The van der Waals surface area contributed by atoms with Crippen molar-refractivity contribution in [2.24, 2.45) is 5.41 Å². The number of ether oxygens (including phenoxy) is 2. The Hall–Kier alpha value is -2.47. The highest BCUT2D eigenvalue weighted by molar-refractivity contribution is 7.15. The van der Waals surface area contributed by atoms with E-state index in [4.69, 9.17) is 9.47 Å². The van der Waals surface area contributed by atoms with Gasteiger partial charge in [-0.05, 0) is 31.0 Å². The van der Waals surface area contributed by atoms with Crippen molar-refractivity contribution in [1.29, 1.82) is 0 Å². The van der Waals surface area contributed by atoms with Crippen LogP contribution in [0.1, 0.15) is 37.3 Å². The van der Waals surface area contributed by atoms with Crippen LogP contribution in [-0.4, -0.2) is 94.5 Å². The summed E-state index contributed by atoms with van der Waals surface area (Å²) in [6.07, 6.45) is -1.34. The first kappa shape index (κ1) is 25.6. The van der Waals surface area contributed by atoms with Crippen LogP contribution >= 0.6 is 11.3 Å². The molecule has 3 heterocycles. The molecule has 35 heavy (non-hydrogen) atoms. The predicted molar refractivity (Wildman–Crippen MR) is 131 cm³/mol. The molecule has 3 N–H and O–H groups in total. The van der Waals surface area contributed by atoms with E-state index in [1.807, 2.05) is 25.1 Å². The van der Waals surface area contributed by atoms with E-state index >= 15 is 0 Å². The third kappa shape index (κ3) is 4.95. The molecular formula is C24H34N4O6S. The molecule has 0 aliphatic carbocycles. The Morgan fingerprint density at radius 1 is 1.26 bits per heavy atom. The summed E-state index contributed by atoms with van der Waals surface area (Å²) in [6, 6.07) is 5.69. The van der Waals surface area contributed by atoms with Crippen LogP contribution in [0.4, 0.5) is 5.13 Å². The zero-order valence-corrected chi connectivity index (χ0v) is 21.4. The van der Waals surface area contributed by atoms with Crippen LogP contribution < -0.4 is 14.4 Å². The van der Waals surface area contributed by atoms with E-state index in [-0.39, 0.29) is 18.6 Å². The Bertz CT molecular complexity index is 1040. The highest BCUT2D eigenvalue weighted by Crippen LogP contribution is 2.47. The smallest absolute Gasteiger partial charge is 0.253 e. The molecule has 4 atom stereocenters. The van der Waals surface area contributed by atoms with Gasteiger partial charge in [-0.25, -0.2) is 0 Å². The highest BCUT2D eigenvalue weighted by atomic mass is 32.1. The number of nitrogens with zero attached hydrogens (tertiary/aromatic N) is 4. The number of aromatic nitrogens is 2. The number of methoxy groups -OCH3 is 1. The summed E-state index contributed by atoms with van der Waals surface area (Å²) in [7, 11) is 1.59. The first-order valence-corrected chi connectivity index (χ1v) is 12.7. The second-order valence-electron chi connectivity index (χ2n) is 9.54. The summed E-state index contributed by atoms with van der Waals surface area (Å²) in [4.78, 5) is 16.2. The summed E-state index contributed by atoms with van der Waals surface area (Å²) < 4.78 is 11.8. The van der Waals surface area contributed by atoms with Crippen molar-refractivity contribution in [3.63, 3.8) is 0 Å². The van der Waals surface area contributed by atoms with Crippen LogP contribution in [0.15, 0.2) is 18.2 Å². The molecule has 0 bridgehead atoms. The minimum absolute atomic E-state index is 0.0300. The number of aliphatic hydroxyl groups is 3. The maximum Gasteiger partial charge on any atom is 0.253 e. The summed E-state index contributed by atoms with van der Waals surface area (Å²) in [6.45, 7) is 7.05. The molecule has 2 aliphatic heterocycles. The quantitative estimate of drug-likeness (QED) is 0.457. The van der Waals surface area contributed by atoms with Gasteiger partial charge in [0.25, 0.3) is 5.91 Å². The van der Waals surface area contributed by atoms with Gasteiger partial charge in [-0.3, -0.25) is 4.79 Å². The molecule has 192 valence electrons. The van der Waals surface area contributed by atoms with Crippen LogP contribution in [0.25, 0.3) is 0 Å². The lowest BCUT2D eigenvalue weighted by molar-refractivity contribution is -0.141. The molecule has 1 unspecified atom stereocenters. The lowest BCUT2D eigenvalue weighted by atomic mass is 9.72. The zero-order valence-electron chi connectivity index (χ0n) is 20.5. The first-order valence-electron chi connectivity index (χ1n) is 11.9.